The van der Waals surface area contributed by atoms with Crippen LogP contribution in [0.5, 0.6) is 5.75 Å². The van der Waals surface area contributed by atoms with Gasteiger partial charge in [0, 0.05) is 18.8 Å². The minimum atomic E-state index is -1.03. The summed E-state index contributed by atoms with van der Waals surface area (Å²) in [7, 11) is 1.57. The summed E-state index contributed by atoms with van der Waals surface area (Å²) in [6, 6.07) is 6.18. The Morgan fingerprint density at radius 1 is 1.21 bits per heavy atom. The first-order valence-corrected chi connectivity index (χ1v) is 12.2. The van der Waals surface area contributed by atoms with E-state index in [1.807, 2.05) is 0 Å². The number of aliphatic hydroxyl groups is 1. The Labute approximate surface area is 199 Å². The van der Waals surface area contributed by atoms with Crippen LogP contribution in [-0.2, 0) is 23.9 Å². The molecule has 3 aliphatic rings. The smallest absolute Gasteiger partial charge is 0.312 e. The predicted octanol–water partition coefficient (Wildman–Crippen LogP) is 2.12. The second kappa shape index (κ2) is 10.3. The molecule has 9 nitrogen and oxygen atoms in total. The number of fused-ring (bicyclic) bond motifs is 1. The summed E-state index contributed by atoms with van der Waals surface area (Å²) in [5.41, 5.74) is -0.434. The Morgan fingerprint density at radius 3 is 2.62 bits per heavy atom. The normalized spacial score (nSPS) is 29.3. The monoisotopic (exact) mass is 474 g/mol. The fraction of sp³-hybridized carbons (Fsp3) is 0.640. The topological polar surface area (TPSA) is 114 Å². The van der Waals surface area contributed by atoms with Crippen LogP contribution in [0.1, 0.15) is 45.4 Å². The highest BCUT2D eigenvalue weighted by atomic mass is 16.6. The van der Waals surface area contributed by atoms with Crippen molar-refractivity contribution in [3.05, 3.63) is 24.3 Å². The Hall–Kier alpha value is -2.65. The van der Waals surface area contributed by atoms with Gasteiger partial charge in [0.05, 0.1) is 31.7 Å². The summed E-state index contributed by atoms with van der Waals surface area (Å²) in [5, 5.41) is 12.0. The molecule has 5 atom stereocenters. The SMILES string of the molecule is CCOC(=O)[C@@H]1[C@H]2C(=O)N(CCCCCCO)C(C(=O)Nc3ccc(OC)cc3)C23CC[C@H]1O3. The van der Waals surface area contributed by atoms with Crippen molar-refractivity contribution >= 4 is 23.5 Å². The maximum atomic E-state index is 13.7. The molecule has 1 spiro atoms. The first kappa shape index (κ1) is 24.5. The minimum absolute atomic E-state index is 0.136. The number of esters is 1. The number of carbonyl (C=O) groups is 3. The predicted molar refractivity (Wildman–Crippen MR) is 123 cm³/mol. The summed E-state index contributed by atoms with van der Waals surface area (Å²) in [5.74, 6) is -1.68. The van der Waals surface area contributed by atoms with Gasteiger partial charge in [-0.2, -0.15) is 0 Å². The van der Waals surface area contributed by atoms with Gasteiger partial charge in [-0.25, -0.2) is 0 Å². The largest absolute Gasteiger partial charge is 0.497 e. The third-order valence-electron chi connectivity index (χ3n) is 7.27. The van der Waals surface area contributed by atoms with E-state index in [9.17, 15) is 14.4 Å². The van der Waals surface area contributed by atoms with Gasteiger partial charge in [0.1, 0.15) is 17.4 Å². The lowest BCUT2D eigenvalue weighted by Crippen LogP contribution is -2.53. The summed E-state index contributed by atoms with van der Waals surface area (Å²) in [6.45, 7) is 2.50. The molecule has 0 saturated carbocycles. The van der Waals surface area contributed by atoms with Gasteiger partial charge < -0.3 is 29.5 Å². The molecule has 3 aliphatic heterocycles. The molecule has 34 heavy (non-hydrogen) atoms. The number of nitrogens with one attached hydrogen (secondary N) is 1. The number of likely N-dealkylation sites (tertiary alicyclic amines) is 1. The Balaban J connectivity index is 1.59. The van der Waals surface area contributed by atoms with Crippen molar-refractivity contribution in [2.75, 3.05) is 32.2 Å². The molecule has 186 valence electrons. The standard InChI is InChI=1S/C25H34N2O7/c1-3-33-24(31)19-18-12-13-25(34-18)20(19)23(30)27(14-6-4-5-7-15-28)21(25)22(29)26-16-8-10-17(32-2)11-9-16/h8-11,18-21,28H,3-7,12-15H2,1-2H3,(H,26,29)/t18-,19+,20+,21?,25?/m1/s1. The highest BCUT2D eigenvalue weighted by Crippen LogP contribution is 2.58. The summed E-state index contributed by atoms with van der Waals surface area (Å²) in [4.78, 5) is 41.7. The highest BCUT2D eigenvalue weighted by Gasteiger charge is 2.74. The van der Waals surface area contributed by atoms with Crippen molar-refractivity contribution in [2.45, 2.75) is 63.2 Å². The molecular weight excluding hydrogens is 440 g/mol. The van der Waals surface area contributed by atoms with E-state index in [0.29, 0.717) is 43.7 Å². The van der Waals surface area contributed by atoms with Crippen LogP contribution in [0.4, 0.5) is 5.69 Å². The number of unbranched alkanes of at least 4 members (excludes halogenated alkanes) is 3. The van der Waals surface area contributed by atoms with E-state index in [-0.39, 0.29) is 25.0 Å². The Morgan fingerprint density at radius 2 is 1.94 bits per heavy atom. The molecule has 1 aromatic carbocycles. The van der Waals surface area contributed by atoms with Crippen molar-refractivity contribution in [1.29, 1.82) is 0 Å². The zero-order valence-electron chi connectivity index (χ0n) is 19.8. The van der Waals surface area contributed by atoms with E-state index in [2.05, 4.69) is 5.32 Å². The van der Waals surface area contributed by atoms with E-state index < -0.39 is 35.6 Å². The lowest BCUT2D eigenvalue weighted by Gasteiger charge is -2.33. The summed E-state index contributed by atoms with van der Waals surface area (Å²) >= 11 is 0. The lowest BCUT2D eigenvalue weighted by atomic mass is 9.71. The van der Waals surface area contributed by atoms with Crippen LogP contribution in [0.15, 0.2) is 24.3 Å². The van der Waals surface area contributed by atoms with E-state index in [1.165, 1.54) is 0 Å². The van der Waals surface area contributed by atoms with E-state index >= 15 is 0 Å². The molecule has 0 aromatic heterocycles. The second-order valence-corrected chi connectivity index (χ2v) is 9.20. The zero-order chi connectivity index (χ0) is 24.3. The van der Waals surface area contributed by atoms with Crippen LogP contribution in [0.25, 0.3) is 0 Å². The van der Waals surface area contributed by atoms with Gasteiger partial charge in [0.25, 0.3) is 0 Å². The second-order valence-electron chi connectivity index (χ2n) is 9.20. The number of nitrogens with zero attached hydrogens (tertiary/aromatic N) is 1. The number of rotatable bonds is 11. The van der Waals surface area contributed by atoms with Crippen molar-refractivity contribution < 1.29 is 33.7 Å². The van der Waals surface area contributed by atoms with Gasteiger partial charge in [0.15, 0.2) is 0 Å². The molecule has 2 amide bonds. The first-order chi connectivity index (χ1) is 16.5. The number of methoxy groups -OCH3 is 1. The molecule has 3 fully saturated rings. The van der Waals surface area contributed by atoms with Crippen molar-refractivity contribution in [3.8, 4) is 5.75 Å². The third-order valence-corrected chi connectivity index (χ3v) is 7.27. The maximum absolute atomic E-state index is 13.7. The third kappa shape index (κ3) is 4.27. The Kier molecular flexibility index (Phi) is 7.42. The lowest BCUT2D eigenvalue weighted by molar-refractivity contribution is -0.154. The molecule has 2 N–H and O–H groups in total. The van der Waals surface area contributed by atoms with Gasteiger partial charge in [-0.1, -0.05) is 12.8 Å². The van der Waals surface area contributed by atoms with Crippen LogP contribution < -0.4 is 10.1 Å². The molecule has 2 unspecified atom stereocenters. The van der Waals surface area contributed by atoms with Crippen LogP contribution >= 0.6 is 0 Å². The number of amides is 2. The van der Waals surface area contributed by atoms with Crippen LogP contribution in [0.3, 0.4) is 0 Å². The summed E-state index contributed by atoms with van der Waals surface area (Å²) < 4.78 is 16.8. The average Bonchev–Trinajstić information content (AvgIpc) is 3.47. The van der Waals surface area contributed by atoms with E-state index in [4.69, 9.17) is 19.3 Å². The van der Waals surface area contributed by atoms with Crippen LogP contribution in [0, 0.1) is 11.8 Å². The number of hydrogen-bond acceptors (Lipinski definition) is 7. The van der Waals surface area contributed by atoms with Crippen molar-refractivity contribution in [1.82, 2.24) is 4.90 Å². The molecule has 9 heteroatoms. The molecular formula is C25H34N2O7. The molecule has 0 radical (unpaired) electrons. The van der Waals surface area contributed by atoms with Crippen LogP contribution in [0.2, 0.25) is 0 Å². The number of ether oxygens (including phenoxy) is 3. The maximum Gasteiger partial charge on any atom is 0.312 e. The molecule has 4 rings (SSSR count). The zero-order valence-corrected chi connectivity index (χ0v) is 19.8. The number of carbonyl (C=O) groups excluding carboxylic acids is 3. The molecule has 0 aliphatic carbocycles. The van der Waals surface area contributed by atoms with Crippen molar-refractivity contribution in [3.63, 3.8) is 0 Å². The van der Waals surface area contributed by atoms with E-state index in [0.717, 1.165) is 12.8 Å². The van der Waals surface area contributed by atoms with Gasteiger partial charge in [-0.3, -0.25) is 14.4 Å². The molecule has 3 saturated heterocycles. The van der Waals surface area contributed by atoms with Gasteiger partial charge >= 0.3 is 5.97 Å². The van der Waals surface area contributed by atoms with Crippen LogP contribution in [-0.4, -0.2) is 72.4 Å². The van der Waals surface area contributed by atoms with Gasteiger partial charge in [0.2, 0.25) is 11.8 Å². The van der Waals surface area contributed by atoms with Gasteiger partial charge in [-0.15, -0.1) is 0 Å². The number of anilines is 1. The van der Waals surface area contributed by atoms with E-state index in [1.54, 1.807) is 43.2 Å². The molecule has 2 bridgehead atoms. The Bertz CT molecular complexity index is 905. The number of benzene rings is 1. The minimum Gasteiger partial charge on any atom is -0.497 e. The van der Waals surface area contributed by atoms with Gasteiger partial charge in [-0.05, 0) is 56.9 Å². The number of hydrogen-bond donors (Lipinski definition) is 2. The molecule has 3 heterocycles. The summed E-state index contributed by atoms with van der Waals surface area (Å²) in [6.07, 6.45) is 3.84. The highest BCUT2D eigenvalue weighted by molar-refractivity contribution is 6.03. The fourth-order valence-corrected chi connectivity index (χ4v) is 5.83. The first-order valence-electron chi connectivity index (χ1n) is 12.2. The van der Waals surface area contributed by atoms with Crippen molar-refractivity contribution in [2.24, 2.45) is 11.8 Å². The quantitative estimate of drug-likeness (QED) is 0.373. The number of aliphatic hydroxyl groups excluding tert-OH is 1. The fourth-order valence-electron chi connectivity index (χ4n) is 5.83. The molecule has 1 aromatic rings. The average molecular weight is 475 g/mol.